The molecular weight excluding hydrogens is 354 g/mol. The molecule has 1 aliphatic carbocycles. The minimum Gasteiger partial charge on any atom is -0.310 e. The lowest BCUT2D eigenvalue weighted by molar-refractivity contribution is 0.344. The van der Waals surface area contributed by atoms with Crippen LogP contribution in [0, 0.1) is 11.8 Å². The van der Waals surface area contributed by atoms with Gasteiger partial charge in [-0.1, -0.05) is 26.3 Å². The zero-order valence-electron chi connectivity index (χ0n) is 11.0. The summed E-state index contributed by atoms with van der Waals surface area (Å²) in [6, 6.07) is 7.17. The summed E-state index contributed by atoms with van der Waals surface area (Å²) in [5, 5.41) is 3.72. The van der Waals surface area contributed by atoms with Crippen LogP contribution in [0.2, 0.25) is 0 Å². The van der Waals surface area contributed by atoms with Crippen molar-refractivity contribution < 1.29 is 0 Å². The third-order valence-corrected chi connectivity index (χ3v) is 6.18. The van der Waals surface area contributed by atoms with E-state index in [4.69, 9.17) is 0 Å². The van der Waals surface area contributed by atoms with Crippen LogP contribution in [-0.4, -0.2) is 6.04 Å². The van der Waals surface area contributed by atoms with Crippen molar-refractivity contribution in [1.29, 1.82) is 0 Å². The van der Waals surface area contributed by atoms with Crippen LogP contribution in [-0.2, 0) is 6.54 Å². The van der Waals surface area contributed by atoms with E-state index in [0.29, 0.717) is 6.04 Å². The number of hydrogen-bond acceptors (Lipinski definition) is 1. The molecule has 1 aromatic rings. The summed E-state index contributed by atoms with van der Waals surface area (Å²) in [4.78, 5) is 0. The first-order chi connectivity index (χ1) is 8.61. The van der Waals surface area contributed by atoms with Gasteiger partial charge in [0.1, 0.15) is 0 Å². The quantitative estimate of drug-likeness (QED) is 0.770. The second kappa shape index (κ2) is 6.53. The van der Waals surface area contributed by atoms with E-state index in [1.807, 2.05) is 0 Å². The second-order valence-electron chi connectivity index (χ2n) is 5.34. The van der Waals surface area contributed by atoms with Gasteiger partial charge in [-0.15, -0.1) is 0 Å². The van der Waals surface area contributed by atoms with Gasteiger partial charge in [0, 0.05) is 21.5 Å². The first kappa shape index (κ1) is 14.5. The Hall–Kier alpha value is 0.140. The molecule has 1 fully saturated rings. The molecule has 1 saturated carbocycles. The molecule has 0 amide bonds. The van der Waals surface area contributed by atoms with Gasteiger partial charge in [-0.3, -0.25) is 0 Å². The summed E-state index contributed by atoms with van der Waals surface area (Å²) in [6.45, 7) is 5.68. The molecule has 0 radical (unpaired) electrons. The van der Waals surface area contributed by atoms with E-state index in [-0.39, 0.29) is 0 Å². The van der Waals surface area contributed by atoms with E-state index in [0.717, 1.165) is 27.3 Å². The lowest BCUT2D eigenvalue weighted by Crippen LogP contribution is -2.32. The molecule has 0 saturated heterocycles. The van der Waals surface area contributed by atoms with Crippen LogP contribution >= 0.6 is 31.9 Å². The van der Waals surface area contributed by atoms with Gasteiger partial charge in [-0.2, -0.15) is 0 Å². The highest BCUT2D eigenvalue weighted by Gasteiger charge is 2.30. The Morgan fingerprint density at radius 3 is 2.61 bits per heavy atom. The van der Waals surface area contributed by atoms with E-state index >= 15 is 0 Å². The van der Waals surface area contributed by atoms with Crippen molar-refractivity contribution in [3.63, 3.8) is 0 Å². The predicted octanol–water partition coefficient (Wildman–Crippen LogP) is 5.13. The maximum Gasteiger partial charge on any atom is 0.0320 e. The van der Waals surface area contributed by atoms with Crippen LogP contribution in [0.1, 0.15) is 38.7 Å². The highest BCUT2D eigenvalue weighted by molar-refractivity contribution is 9.13. The fourth-order valence-corrected chi connectivity index (χ4v) is 3.68. The fourth-order valence-electron chi connectivity index (χ4n) is 3.01. The standard InChI is InChI=1S/C15H21Br2N/c1-3-12-5-7-15(10(12)2)18-9-11-4-6-13(16)14(17)8-11/h4,6,8,10,12,15,18H,3,5,7,9H2,1-2H3. The van der Waals surface area contributed by atoms with Gasteiger partial charge in [0.25, 0.3) is 0 Å². The average molecular weight is 375 g/mol. The first-order valence-electron chi connectivity index (χ1n) is 6.79. The Labute approximate surface area is 127 Å². The van der Waals surface area contributed by atoms with E-state index in [1.54, 1.807) is 0 Å². The van der Waals surface area contributed by atoms with E-state index < -0.39 is 0 Å². The van der Waals surface area contributed by atoms with Crippen LogP contribution in [0.15, 0.2) is 27.1 Å². The molecule has 0 aliphatic heterocycles. The van der Waals surface area contributed by atoms with Crippen LogP contribution in [0.3, 0.4) is 0 Å². The van der Waals surface area contributed by atoms with Crippen molar-refractivity contribution in [3.05, 3.63) is 32.7 Å². The molecular formula is C15H21Br2N. The monoisotopic (exact) mass is 373 g/mol. The topological polar surface area (TPSA) is 12.0 Å². The third-order valence-electron chi connectivity index (χ3n) is 4.30. The van der Waals surface area contributed by atoms with Crippen molar-refractivity contribution in [2.45, 2.75) is 45.7 Å². The van der Waals surface area contributed by atoms with Crippen molar-refractivity contribution in [2.24, 2.45) is 11.8 Å². The van der Waals surface area contributed by atoms with Crippen LogP contribution in [0.5, 0.6) is 0 Å². The molecule has 2 rings (SSSR count). The number of rotatable bonds is 4. The minimum atomic E-state index is 0.692. The molecule has 1 nitrogen and oxygen atoms in total. The average Bonchev–Trinajstić information content (AvgIpc) is 2.72. The number of nitrogens with one attached hydrogen (secondary N) is 1. The zero-order chi connectivity index (χ0) is 13.1. The summed E-state index contributed by atoms with van der Waals surface area (Å²) in [6.07, 6.45) is 4.04. The molecule has 3 unspecified atom stereocenters. The second-order valence-corrected chi connectivity index (χ2v) is 7.05. The summed E-state index contributed by atoms with van der Waals surface area (Å²) >= 11 is 7.06. The Morgan fingerprint density at radius 2 is 2.00 bits per heavy atom. The van der Waals surface area contributed by atoms with Gasteiger partial charge in [-0.05, 0) is 74.2 Å². The Balaban J connectivity index is 1.90. The molecule has 3 atom stereocenters. The molecule has 0 aromatic heterocycles. The van der Waals surface area contributed by atoms with Gasteiger partial charge in [0.2, 0.25) is 0 Å². The van der Waals surface area contributed by atoms with Crippen molar-refractivity contribution in [3.8, 4) is 0 Å². The molecule has 1 aromatic carbocycles. The normalized spacial score (nSPS) is 27.7. The van der Waals surface area contributed by atoms with Crippen molar-refractivity contribution in [1.82, 2.24) is 5.32 Å². The van der Waals surface area contributed by atoms with Crippen LogP contribution < -0.4 is 5.32 Å². The molecule has 0 bridgehead atoms. The maximum absolute atomic E-state index is 3.72. The molecule has 1 N–H and O–H groups in total. The predicted molar refractivity (Wildman–Crippen MR) is 84.6 cm³/mol. The van der Waals surface area contributed by atoms with Gasteiger partial charge in [0.05, 0.1) is 0 Å². The lowest BCUT2D eigenvalue weighted by Gasteiger charge is -2.21. The summed E-state index contributed by atoms with van der Waals surface area (Å²) in [5.74, 6) is 1.73. The highest BCUT2D eigenvalue weighted by Crippen LogP contribution is 2.34. The van der Waals surface area contributed by atoms with Gasteiger partial charge >= 0.3 is 0 Å². The minimum absolute atomic E-state index is 0.692. The molecule has 0 spiro atoms. The fraction of sp³-hybridized carbons (Fsp3) is 0.600. The molecule has 18 heavy (non-hydrogen) atoms. The Kier molecular flexibility index (Phi) is 5.28. The SMILES string of the molecule is CCC1CCC(NCc2ccc(Br)c(Br)c2)C1C. The number of halogens is 2. The molecule has 100 valence electrons. The Bertz CT molecular complexity index is 405. The Morgan fingerprint density at radius 1 is 1.22 bits per heavy atom. The van der Waals surface area contributed by atoms with E-state index in [1.165, 1.54) is 24.8 Å². The van der Waals surface area contributed by atoms with E-state index in [9.17, 15) is 0 Å². The zero-order valence-corrected chi connectivity index (χ0v) is 14.2. The van der Waals surface area contributed by atoms with Gasteiger partial charge in [0.15, 0.2) is 0 Å². The lowest BCUT2D eigenvalue weighted by atomic mass is 9.93. The summed E-state index contributed by atoms with van der Waals surface area (Å²) in [7, 11) is 0. The smallest absolute Gasteiger partial charge is 0.0320 e. The van der Waals surface area contributed by atoms with E-state index in [2.05, 4.69) is 69.2 Å². The van der Waals surface area contributed by atoms with Gasteiger partial charge < -0.3 is 5.32 Å². The molecule has 1 aliphatic rings. The van der Waals surface area contributed by atoms with Crippen LogP contribution in [0.4, 0.5) is 0 Å². The number of hydrogen-bond donors (Lipinski definition) is 1. The van der Waals surface area contributed by atoms with Gasteiger partial charge in [-0.25, -0.2) is 0 Å². The first-order valence-corrected chi connectivity index (χ1v) is 8.37. The van der Waals surface area contributed by atoms with Crippen molar-refractivity contribution in [2.75, 3.05) is 0 Å². The maximum atomic E-state index is 3.72. The third kappa shape index (κ3) is 3.37. The highest BCUT2D eigenvalue weighted by atomic mass is 79.9. The number of benzene rings is 1. The molecule has 0 heterocycles. The summed E-state index contributed by atoms with van der Waals surface area (Å²) in [5.41, 5.74) is 1.34. The summed E-state index contributed by atoms with van der Waals surface area (Å²) < 4.78 is 2.25. The molecule has 3 heteroatoms. The largest absolute Gasteiger partial charge is 0.310 e. The van der Waals surface area contributed by atoms with Crippen molar-refractivity contribution >= 4 is 31.9 Å². The van der Waals surface area contributed by atoms with Crippen LogP contribution in [0.25, 0.3) is 0 Å².